The van der Waals surface area contributed by atoms with Gasteiger partial charge < -0.3 is 14.8 Å². The minimum Gasteiger partial charge on any atom is -0.504 e. The Morgan fingerprint density at radius 2 is 1.67 bits per heavy atom. The maximum atomic E-state index is 11.3. The van der Waals surface area contributed by atoms with E-state index in [4.69, 9.17) is 16.6 Å². The molecule has 3 nitrogen and oxygen atoms in total. The number of thiocarbonyl (C=S) groups is 1. The third kappa shape index (κ3) is 3.27. The second-order valence-electron chi connectivity index (χ2n) is 7.22. The van der Waals surface area contributed by atoms with E-state index in [1.165, 1.54) is 0 Å². The van der Waals surface area contributed by atoms with Gasteiger partial charge in [0.05, 0.1) is 5.56 Å². The average molecular weight is 416 g/mol. The van der Waals surface area contributed by atoms with Crippen LogP contribution in [-0.4, -0.2) is 17.0 Å². The van der Waals surface area contributed by atoms with Crippen LogP contribution in [0.15, 0.2) is 65.1 Å². The predicted octanol–water partition coefficient (Wildman–Crippen LogP) is 7.20. The number of hydrogen-bond donors (Lipinski definition) is 2. The van der Waals surface area contributed by atoms with Crippen molar-refractivity contribution < 1.29 is 9.52 Å². The van der Waals surface area contributed by atoms with E-state index in [0.717, 1.165) is 50.7 Å². The van der Waals surface area contributed by atoms with Crippen LogP contribution < -0.4 is 5.32 Å². The molecule has 4 heteroatoms. The highest BCUT2D eigenvalue weighted by Crippen LogP contribution is 2.48. The molecule has 4 rings (SSSR count). The van der Waals surface area contributed by atoms with Crippen molar-refractivity contribution in [1.29, 1.82) is 0 Å². The zero-order valence-corrected chi connectivity index (χ0v) is 18.3. The second-order valence-corrected chi connectivity index (χ2v) is 7.72. The van der Waals surface area contributed by atoms with E-state index in [1.807, 2.05) is 42.5 Å². The van der Waals surface area contributed by atoms with Gasteiger partial charge in [-0.3, -0.25) is 0 Å². The zero-order chi connectivity index (χ0) is 21.3. The molecule has 0 spiro atoms. The Labute approximate surface area is 182 Å². The highest BCUT2D eigenvalue weighted by Gasteiger charge is 2.25. The quantitative estimate of drug-likeness (QED) is 0.258. The minimum atomic E-state index is 0.143. The molecule has 0 aliphatic carbocycles. The predicted molar refractivity (Wildman–Crippen MR) is 130 cm³/mol. The number of fused-ring (bicyclic) bond motifs is 1. The van der Waals surface area contributed by atoms with Gasteiger partial charge in [-0.1, -0.05) is 86.7 Å². The van der Waals surface area contributed by atoms with Crippen LogP contribution in [0.2, 0.25) is 0 Å². The molecule has 0 amide bonds. The number of aromatic hydroxyl groups is 1. The Morgan fingerprint density at radius 3 is 2.40 bits per heavy atom. The minimum absolute atomic E-state index is 0.143. The van der Waals surface area contributed by atoms with Crippen molar-refractivity contribution >= 4 is 33.7 Å². The van der Waals surface area contributed by atoms with Crippen LogP contribution in [0, 0.1) is 0 Å². The summed E-state index contributed by atoms with van der Waals surface area (Å²) >= 11 is 5.61. The van der Waals surface area contributed by atoms with E-state index in [2.05, 4.69) is 37.4 Å². The van der Waals surface area contributed by atoms with Crippen molar-refractivity contribution in [2.24, 2.45) is 0 Å². The Balaban J connectivity index is 1.98. The fraction of sp³-hybridized carbons (Fsp3) is 0.192. The lowest BCUT2D eigenvalue weighted by Gasteiger charge is -2.14. The van der Waals surface area contributed by atoms with E-state index in [0.29, 0.717) is 17.2 Å². The topological polar surface area (TPSA) is 45.4 Å². The maximum Gasteiger partial charge on any atom is 0.205 e. The summed E-state index contributed by atoms with van der Waals surface area (Å²) in [5, 5.41) is 16.6. The van der Waals surface area contributed by atoms with Gasteiger partial charge in [0.2, 0.25) is 5.88 Å². The molecule has 4 aromatic rings. The highest BCUT2D eigenvalue weighted by molar-refractivity contribution is 7.80. The van der Waals surface area contributed by atoms with Gasteiger partial charge in [-0.2, -0.15) is 0 Å². The van der Waals surface area contributed by atoms with Gasteiger partial charge in [-0.15, -0.1) is 0 Å². The standard InChI is InChI=1S/C26H25NO2S/c1-4-17-19(22(30)5-2)13-9-14-20(17)23-24(28)25(29-26(23)27-3)21-15-8-11-16-10-6-7-12-18(16)21/h6-15,27-28H,4-5H2,1-3H3. The number of anilines is 1. The van der Waals surface area contributed by atoms with Crippen LogP contribution >= 0.6 is 12.2 Å². The summed E-state index contributed by atoms with van der Waals surface area (Å²) in [4.78, 5) is 0.928. The first-order chi connectivity index (χ1) is 14.6. The molecule has 30 heavy (non-hydrogen) atoms. The average Bonchev–Trinajstić information content (AvgIpc) is 3.13. The van der Waals surface area contributed by atoms with E-state index in [1.54, 1.807) is 7.05 Å². The Kier molecular flexibility index (Phi) is 5.60. The Hall–Kier alpha value is -3.11. The molecule has 0 aliphatic rings. The van der Waals surface area contributed by atoms with Crippen LogP contribution in [0.25, 0.3) is 33.2 Å². The molecule has 152 valence electrons. The monoisotopic (exact) mass is 415 g/mol. The number of nitrogens with one attached hydrogen (secondary N) is 1. The van der Waals surface area contributed by atoms with E-state index < -0.39 is 0 Å². The molecule has 1 aromatic heterocycles. The summed E-state index contributed by atoms with van der Waals surface area (Å²) in [5.74, 6) is 1.16. The summed E-state index contributed by atoms with van der Waals surface area (Å²) in [6.45, 7) is 4.18. The number of furan rings is 1. The number of hydrogen-bond acceptors (Lipinski definition) is 4. The fourth-order valence-corrected chi connectivity index (χ4v) is 4.30. The molecule has 0 aliphatic heterocycles. The molecule has 0 bridgehead atoms. The smallest absolute Gasteiger partial charge is 0.205 e. The molecule has 3 aromatic carbocycles. The molecule has 0 saturated heterocycles. The third-order valence-electron chi connectivity index (χ3n) is 5.56. The molecular formula is C26H25NO2S. The fourth-order valence-electron chi connectivity index (χ4n) is 4.11. The molecular weight excluding hydrogens is 390 g/mol. The second kappa shape index (κ2) is 8.33. The van der Waals surface area contributed by atoms with Crippen LogP contribution in [0.3, 0.4) is 0 Å². The summed E-state index contributed by atoms with van der Waals surface area (Å²) in [6, 6.07) is 20.2. The van der Waals surface area contributed by atoms with Gasteiger partial charge in [0.15, 0.2) is 11.5 Å². The van der Waals surface area contributed by atoms with Crippen LogP contribution in [-0.2, 0) is 6.42 Å². The van der Waals surface area contributed by atoms with Crippen LogP contribution in [0.4, 0.5) is 5.88 Å². The first-order valence-electron chi connectivity index (χ1n) is 10.3. The van der Waals surface area contributed by atoms with E-state index in [9.17, 15) is 5.11 Å². The van der Waals surface area contributed by atoms with Crippen LogP contribution in [0.1, 0.15) is 31.4 Å². The van der Waals surface area contributed by atoms with Gasteiger partial charge in [0.1, 0.15) is 0 Å². The Morgan fingerprint density at radius 1 is 0.967 bits per heavy atom. The molecule has 0 unspecified atom stereocenters. The lowest BCUT2D eigenvalue weighted by Crippen LogP contribution is -2.03. The van der Waals surface area contributed by atoms with Crippen molar-refractivity contribution in [1.82, 2.24) is 0 Å². The maximum absolute atomic E-state index is 11.3. The Bertz CT molecular complexity index is 1230. The van der Waals surface area contributed by atoms with Gasteiger partial charge in [-0.05, 0) is 40.3 Å². The van der Waals surface area contributed by atoms with Crippen molar-refractivity contribution in [2.75, 3.05) is 12.4 Å². The lowest BCUT2D eigenvalue weighted by molar-refractivity contribution is 0.467. The first kappa shape index (κ1) is 20.2. The van der Waals surface area contributed by atoms with E-state index in [-0.39, 0.29) is 5.75 Å². The highest BCUT2D eigenvalue weighted by atomic mass is 32.1. The number of rotatable bonds is 6. The van der Waals surface area contributed by atoms with Crippen LogP contribution in [0.5, 0.6) is 5.75 Å². The number of benzene rings is 3. The summed E-state index contributed by atoms with van der Waals surface area (Å²) in [6.07, 6.45) is 1.62. The van der Waals surface area contributed by atoms with Crippen molar-refractivity contribution in [3.63, 3.8) is 0 Å². The summed E-state index contributed by atoms with van der Waals surface area (Å²) < 4.78 is 6.18. The largest absolute Gasteiger partial charge is 0.504 e. The molecule has 1 heterocycles. The van der Waals surface area contributed by atoms with Gasteiger partial charge in [0, 0.05) is 17.5 Å². The van der Waals surface area contributed by atoms with Crippen molar-refractivity contribution in [3.8, 4) is 28.2 Å². The summed E-state index contributed by atoms with van der Waals surface area (Å²) in [5.41, 5.74) is 4.69. The zero-order valence-electron chi connectivity index (χ0n) is 17.5. The van der Waals surface area contributed by atoms with E-state index >= 15 is 0 Å². The third-order valence-corrected chi connectivity index (χ3v) is 6.07. The van der Waals surface area contributed by atoms with Crippen molar-refractivity contribution in [3.05, 3.63) is 71.8 Å². The van der Waals surface area contributed by atoms with Crippen molar-refractivity contribution in [2.45, 2.75) is 26.7 Å². The normalized spacial score (nSPS) is 11.0. The molecule has 0 radical (unpaired) electrons. The SMILES string of the molecule is CCC(=S)c1cccc(-c2c(NC)oc(-c3cccc4ccccc34)c2O)c1CC. The van der Waals surface area contributed by atoms with Gasteiger partial charge >= 0.3 is 0 Å². The molecule has 0 atom stereocenters. The van der Waals surface area contributed by atoms with Gasteiger partial charge in [-0.25, -0.2) is 0 Å². The lowest BCUT2D eigenvalue weighted by atomic mass is 9.91. The first-order valence-corrected chi connectivity index (χ1v) is 10.7. The molecule has 0 fully saturated rings. The summed E-state index contributed by atoms with van der Waals surface area (Å²) in [7, 11) is 1.81. The molecule has 2 N–H and O–H groups in total. The van der Waals surface area contributed by atoms with Gasteiger partial charge in [0.25, 0.3) is 0 Å². The molecule has 0 saturated carbocycles.